The number of benzene rings is 1. The fraction of sp³-hybridized carbons (Fsp3) is 0.533. The molecular formula is C15H21N3O3. The summed E-state index contributed by atoms with van der Waals surface area (Å²) in [6, 6.07) is 4.91. The molecule has 6 nitrogen and oxygen atoms in total. The van der Waals surface area contributed by atoms with Gasteiger partial charge in [0.05, 0.1) is 10.3 Å². The molecule has 1 aliphatic carbocycles. The van der Waals surface area contributed by atoms with Gasteiger partial charge in [-0.15, -0.1) is 0 Å². The maximum atomic E-state index is 12.4. The third kappa shape index (κ3) is 3.05. The van der Waals surface area contributed by atoms with Crippen LogP contribution in [0.1, 0.15) is 36.8 Å². The molecule has 3 N–H and O–H groups in total. The Hall–Kier alpha value is -1.95. The summed E-state index contributed by atoms with van der Waals surface area (Å²) in [5.74, 6) is -0.0339. The first kappa shape index (κ1) is 15.4. The fourth-order valence-electron chi connectivity index (χ4n) is 3.00. The molecule has 0 spiro atoms. The van der Waals surface area contributed by atoms with E-state index in [1.165, 1.54) is 6.07 Å². The van der Waals surface area contributed by atoms with E-state index >= 15 is 0 Å². The fourth-order valence-corrected chi connectivity index (χ4v) is 3.00. The lowest BCUT2D eigenvalue weighted by Crippen LogP contribution is -2.43. The van der Waals surface area contributed by atoms with E-state index in [0.29, 0.717) is 18.7 Å². The highest BCUT2D eigenvalue weighted by Crippen LogP contribution is 2.37. The SMILES string of the molecule is Cc1c(CNC(=O)C2(CN)CCCC2)cccc1[N+](=O)[O-]. The molecule has 2 rings (SSSR count). The van der Waals surface area contributed by atoms with Crippen LogP contribution < -0.4 is 11.1 Å². The van der Waals surface area contributed by atoms with Crippen LogP contribution in [0.2, 0.25) is 0 Å². The van der Waals surface area contributed by atoms with Crippen molar-refractivity contribution < 1.29 is 9.72 Å². The third-order valence-electron chi connectivity index (χ3n) is 4.49. The number of carbonyl (C=O) groups excluding carboxylic acids is 1. The number of carbonyl (C=O) groups is 1. The van der Waals surface area contributed by atoms with E-state index in [4.69, 9.17) is 5.73 Å². The zero-order chi connectivity index (χ0) is 15.5. The van der Waals surface area contributed by atoms with Crippen molar-refractivity contribution in [2.24, 2.45) is 11.1 Å². The van der Waals surface area contributed by atoms with Crippen molar-refractivity contribution in [1.29, 1.82) is 0 Å². The summed E-state index contributed by atoms with van der Waals surface area (Å²) >= 11 is 0. The van der Waals surface area contributed by atoms with Gasteiger partial charge in [-0.3, -0.25) is 14.9 Å². The molecule has 1 saturated carbocycles. The monoisotopic (exact) mass is 291 g/mol. The average molecular weight is 291 g/mol. The summed E-state index contributed by atoms with van der Waals surface area (Å²) < 4.78 is 0. The van der Waals surface area contributed by atoms with Crippen LogP contribution in [-0.4, -0.2) is 17.4 Å². The van der Waals surface area contributed by atoms with E-state index in [0.717, 1.165) is 31.2 Å². The number of hydrogen-bond donors (Lipinski definition) is 2. The Morgan fingerprint density at radius 3 is 2.67 bits per heavy atom. The highest BCUT2D eigenvalue weighted by molar-refractivity contribution is 5.83. The minimum atomic E-state index is -0.450. The van der Waals surface area contributed by atoms with Crippen molar-refractivity contribution in [3.05, 3.63) is 39.4 Å². The number of nitro benzene ring substituents is 1. The smallest absolute Gasteiger partial charge is 0.272 e. The molecule has 1 aromatic rings. The second-order valence-corrected chi connectivity index (χ2v) is 5.69. The molecule has 0 unspecified atom stereocenters. The highest BCUT2D eigenvalue weighted by Gasteiger charge is 2.39. The molecule has 1 aromatic carbocycles. The molecule has 0 heterocycles. The molecule has 21 heavy (non-hydrogen) atoms. The van der Waals surface area contributed by atoms with E-state index in [-0.39, 0.29) is 11.6 Å². The van der Waals surface area contributed by atoms with Crippen molar-refractivity contribution >= 4 is 11.6 Å². The molecule has 0 atom stereocenters. The number of nitrogens with one attached hydrogen (secondary N) is 1. The van der Waals surface area contributed by atoms with Crippen LogP contribution in [0.15, 0.2) is 18.2 Å². The Balaban J connectivity index is 2.08. The van der Waals surface area contributed by atoms with Crippen molar-refractivity contribution in [3.63, 3.8) is 0 Å². The molecule has 1 aliphatic rings. The standard InChI is InChI=1S/C15H21N3O3/c1-11-12(5-4-6-13(11)18(20)21)9-17-14(19)15(10-16)7-2-3-8-15/h4-6H,2-3,7-10,16H2,1H3,(H,17,19). The maximum absolute atomic E-state index is 12.4. The molecule has 6 heteroatoms. The topological polar surface area (TPSA) is 98.3 Å². The van der Waals surface area contributed by atoms with Crippen LogP contribution in [0.3, 0.4) is 0 Å². The van der Waals surface area contributed by atoms with E-state index in [2.05, 4.69) is 5.32 Å². The molecule has 114 valence electrons. The first-order chi connectivity index (χ1) is 10.00. The zero-order valence-electron chi connectivity index (χ0n) is 12.2. The number of hydrogen-bond acceptors (Lipinski definition) is 4. The van der Waals surface area contributed by atoms with Gasteiger partial charge in [-0.1, -0.05) is 25.0 Å². The molecule has 0 radical (unpaired) electrons. The lowest BCUT2D eigenvalue weighted by Gasteiger charge is -2.25. The minimum absolute atomic E-state index is 0.0339. The minimum Gasteiger partial charge on any atom is -0.351 e. The number of amides is 1. The van der Waals surface area contributed by atoms with Gasteiger partial charge in [0, 0.05) is 24.7 Å². The van der Waals surface area contributed by atoms with Crippen LogP contribution in [0.4, 0.5) is 5.69 Å². The molecule has 0 aliphatic heterocycles. The van der Waals surface area contributed by atoms with E-state index in [1.54, 1.807) is 19.1 Å². The summed E-state index contributed by atoms with van der Waals surface area (Å²) in [4.78, 5) is 22.9. The Kier molecular flexibility index (Phi) is 4.57. The molecular weight excluding hydrogens is 270 g/mol. The summed E-state index contributed by atoms with van der Waals surface area (Å²) in [7, 11) is 0. The first-order valence-corrected chi connectivity index (χ1v) is 7.21. The summed E-state index contributed by atoms with van der Waals surface area (Å²) in [6.45, 7) is 2.36. The third-order valence-corrected chi connectivity index (χ3v) is 4.49. The van der Waals surface area contributed by atoms with Gasteiger partial charge in [0.2, 0.25) is 5.91 Å². The molecule has 1 fully saturated rings. The van der Waals surface area contributed by atoms with Crippen LogP contribution >= 0.6 is 0 Å². The van der Waals surface area contributed by atoms with Gasteiger partial charge in [0.25, 0.3) is 5.69 Å². The Morgan fingerprint density at radius 2 is 2.10 bits per heavy atom. The lowest BCUT2D eigenvalue weighted by atomic mass is 9.85. The van der Waals surface area contributed by atoms with Gasteiger partial charge < -0.3 is 11.1 Å². The Bertz CT molecular complexity index is 551. The predicted molar refractivity (Wildman–Crippen MR) is 79.6 cm³/mol. The van der Waals surface area contributed by atoms with Gasteiger partial charge >= 0.3 is 0 Å². The predicted octanol–water partition coefficient (Wildman–Crippen LogP) is 2.04. The van der Waals surface area contributed by atoms with Crippen molar-refractivity contribution in [2.75, 3.05) is 6.54 Å². The lowest BCUT2D eigenvalue weighted by molar-refractivity contribution is -0.385. The van der Waals surface area contributed by atoms with Crippen LogP contribution in [0.25, 0.3) is 0 Å². The quantitative estimate of drug-likeness (QED) is 0.640. The second kappa shape index (κ2) is 6.22. The van der Waals surface area contributed by atoms with Gasteiger partial charge in [-0.05, 0) is 25.3 Å². The van der Waals surface area contributed by atoms with Crippen molar-refractivity contribution in [2.45, 2.75) is 39.2 Å². The average Bonchev–Trinajstić information content (AvgIpc) is 2.95. The number of nitrogens with zero attached hydrogens (tertiary/aromatic N) is 1. The molecule has 0 saturated heterocycles. The maximum Gasteiger partial charge on any atom is 0.272 e. The van der Waals surface area contributed by atoms with Gasteiger partial charge in [0.1, 0.15) is 0 Å². The number of rotatable bonds is 5. The molecule has 1 amide bonds. The zero-order valence-corrected chi connectivity index (χ0v) is 12.2. The van der Waals surface area contributed by atoms with E-state index in [9.17, 15) is 14.9 Å². The highest BCUT2D eigenvalue weighted by atomic mass is 16.6. The van der Waals surface area contributed by atoms with E-state index < -0.39 is 10.3 Å². The summed E-state index contributed by atoms with van der Waals surface area (Å²) in [6.07, 6.45) is 3.70. The largest absolute Gasteiger partial charge is 0.351 e. The second-order valence-electron chi connectivity index (χ2n) is 5.69. The summed E-state index contributed by atoms with van der Waals surface area (Å²) in [5, 5.41) is 13.8. The van der Waals surface area contributed by atoms with Gasteiger partial charge in [0.15, 0.2) is 0 Å². The van der Waals surface area contributed by atoms with Crippen LogP contribution in [0, 0.1) is 22.5 Å². The molecule has 0 bridgehead atoms. The van der Waals surface area contributed by atoms with Crippen molar-refractivity contribution in [1.82, 2.24) is 5.32 Å². The summed E-state index contributed by atoms with van der Waals surface area (Å²) in [5.41, 5.74) is 6.77. The Morgan fingerprint density at radius 1 is 1.43 bits per heavy atom. The molecule has 0 aromatic heterocycles. The van der Waals surface area contributed by atoms with Crippen molar-refractivity contribution in [3.8, 4) is 0 Å². The van der Waals surface area contributed by atoms with Gasteiger partial charge in [-0.2, -0.15) is 0 Å². The van der Waals surface area contributed by atoms with Crippen LogP contribution in [-0.2, 0) is 11.3 Å². The normalized spacial score (nSPS) is 16.7. The first-order valence-electron chi connectivity index (χ1n) is 7.21. The Labute approximate surface area is 123 Å². The number of nitro groups is 1. The van der Waals surface area contributed by atoms with Gasteiger partial charge in [-0.25, -0.2) is 0 Å². The number of nitrogens with two attached hydrogens (primary N) is 1. The van der Waals surface area contributed by atoms with Crippen LogP contribution in [0.5, 0.6) is 0 Å². The van der Waals surface area contributed by atoms with E-state index in [1.807, 2.05) is 0 Å².